The summed E-state index contributed by atoms with van der Waals surface area (Å²) in [6, 6.07) is 0.613. The maximum atomic E-state index is 5.05. The van der Waals surface area contributed by atoms with Gasteiger partial charge in [-0.25, -0.2) is 4.98 Å². The number of nitrogens with one attached hydrogen (secondary N) is 1. The van der Waals surface area contributed by atoms with Crippen molar-refractivity contribution in [1.29, 1.82) is 0 Å². The highest BCUT2D eigenvalue weighted by Gasteiger charge is 2.18. The van der Waals surface area contributed by atoms with Crippen LogP contribution in [0.3, 0.4) is 0 Å². The summed E-state index contributed by atoms with van der Waals surface area (Å²) in [4.78, 5) is 4.55. The maximum absolute atomic E-state index is 5.05. The number of aryl methyl sites for hydroxylation is 1. The fourth-order valence-electron chi connectivity index (χ4n) is 2.15. The van der Waals surface area contributed by atoms with E-state index < -0.39 is 0 Å². The minimum Gasteiger partial charge on any atom is -0.383 e. The van der Waals surface area contributed by atoms with Crippen LogP contribution in [0.5, 0.6) is 0 Å². The van der Waals surface area contributed by atoms with Crippen LogP contribution in [-0.2, 0) is 4.74 Å². The van der Waals surface area contributed by atoms with Gasteiger partial charge in [0.25, 0.3) is 0 Å². The Hall–Kier alpha value is -0.680. The predicted molar refractivity (Wildman–Crippen MR) is 72.9 cm³/mol. The molecular weight excluding hydrogens is 234 g/mol. The van der Waals surface area contributed by atoms with Crippen LogP contribution in [0.4, 0.5) is 5.95 Å². The van der Waals surface area contributed by atoms with Gasteiger partial charge in [-0.05, 0) is 31.3 Å². The summed E-state index contributed by atoms with van der Waals surface area (Å²) in [5, 5.41) is 3.35. The molecule has 0 unspecified atom stereocenters. The highest BCUT2D eigenvalue weighted by atomic mass is 32.2. The number of rotatable bonds is 5. The number of hydrogen-bond donors (Lipinski definition) is 1. The van der Waals surface area contributed by atoms with E-state index in [1.54, 1.807) is 7.11 Å². The van der Waals surface area contributed by atoms with E-state index >= 15 is 0 Å². The van der Waals surface area contributed by atoms with E-state index in [0.717, 1.165) is 18.2 Å². The number of anilines is 1. The molecule has 1 aliphatic rings. The molecule has 0 amide bonds. The van der Waals surface area contributed by atoms with Gasteiger partial charge in [-0.1, -0.05) is 0 Å². The molecule has 2 heterocycles. The molecule has 2 rings (SSSR count). The van der Waals surface area contributed by atoms with Crippen molar-refractivity contribution in [3.63, 3.8) is 0 Å². The Balaban J connectivity index is 2.03. The Morgan fingerprint density at radius 3 is 3.00 bits per heavy atom. The summed E-state index contributed by atoms with van der Waals surface area (Å²) in [6.45, 7) is 3.58. The monoisotopic (exact) mass is 255 g/mol. The van der Waals surface area contributed by atoms with Crippen LogP contribution in [0.2, 0.25) is 0 Å². The fourth-order valence-corrected chi connectivity index (χ4v) is 3.24. The topological polar surface area (TPSA) is 39.1 Å². The minimum absolute atomic E-state index is 0.613. The van der Waals surface area contributed by atoms with Crippen molar-refractivity contribution in [3.05, 3.63) is 11.9 Å². The Bertz CT molecular complexity index is 348. The van der Waals surface area contributed by atoms with E-state index in [0.29, 0.717) is 12.6 Å². The SMILES string of the molecule is COCCNc1nc(C)cn1C1CCSCC1. The molecule has 1 saturated heterocycles. The summed E-state index contributed by atoms with van der Waals surface area (Å²) in [6.07, 6.45) is 4.66. The summed E-state index contributed by atoms with van der Waals surface area (Å²) < 4.78 is 7.36. The third-order valence-corrected chi connectivity index (χ3v) is 4.08. The molecule has 0 atom stereocenters. The molecule has 0 aromatic carbocycles. The van der Waals surface area contributed by atoms with Gasteiger partial charge in [0.1, 0.15) is 0 Å². The van der Waals surface area contributed by atoms with Crippen LogP contribution in [-0.4, -0.2) is 41.3 Å². The smallest absolute Gasteiger partial charge is 0.203 e. The Labute approximate surface area is 107 Å². The lowest BCUT2D eigenvalue weighted by atomic mass is 10.1. The van der Waals surface area contributed by atoms with Gasteiger partial charge in [-0.2, -0.15) is 11.8 Å². The lowest BCUT2D eigenvalue weighted by Gasteiger charge is -2.24. The Kier molecular flexibility index (Phi) is 4.74. The van der Waals surface area contributed by atoms with Crippen molar-refractivity contribution < 1.29 is 4.74 Å². The van der Waals surface area contributed by atoms with Crippen molar-refractivity contribution in [2.75, 3.05) is 37.1 Å². The van der Waals surface area contributed by atoms with Crippen LogP contribution in [0.1, 0.15) is 24.6 Å². The number of imidazole rings is 1. The zero-order chi connectivity index (χ0) is 12.1. The third-order valence-electron chi connectivity index (χ3n) is 3.03. The van der Waals surface area contributed by atoms with Crippen molar-refractivity contribution in [2.45, 2.75) is 25.8 Å². The third kappa shape index (κ3) is 3.39. The van der Waals surface area contributed by atoms with Gasteiger partial charge in [0.05, 0.1) is 12.3 Å². The maximum Gasteiger partial charge on any atom is 0.203 e. The van der Waals surface area contributed by atoms with Gasteiger partial charge < -0.3 is 14.6 Å². The number of hydrogen-bond acceptors (Lipinski definition) is 4. The summed E-state index contributed by atoms with van der Waals surface area (Å²) >= 11 is 2.05. The van der Waals surface area contributed by atoms with Crippen LogP contribution >= 0.6 is 11.8 Å². The minimum atomic E-state index is 0.613. The molecule has 1 aliphatic heterocycles. The van der Waals surface area contributed by atoms with Crippen LogP contribution in [0.15, 0.2) is 6.20 Å². The molecule has 1 aromatic rings. The highest BCUT2D eigenvalue weighted by Crippen LogP contribution is 2.29. The molecule has 96 valence electrons. The molecule has 1 N–H and O–H groups in total. The number of thioether (sulfide) groups is 1. The van der Waals surface area contributed by atoms with Gasteiger partial charge in [-0.15, -0.1) is 0 Å². The lowest BCUT2D eigenvalue weighted by molar-refractivity contribution is 0.210. The van der Waals surface area contributed by atoms with Crippen LogP contribution in [0.25, 0.3) is 0 Å². The number of aromatic nitrogens is 2. The number of nitrogens with zero attached hydrogens (tertiary/aromatic N) is 2. The normalized spacial score (nSPS) is 17.3. The van der Waals surface area contributed by atoms with Gasteiger partial charge in [-0.3, -0.25) is 0 Å². The molecule has 17 heavy (non-hydrogen) atoms. The first-order chi connectivity index (χ1) is 8.31. The molecule has 4 nitrogen and oxygen atoms in total. The molecule has 0 spiro atoms. The van der Waals surface area contributed by atoms with Crippen molar-refractivity contribution >= 4 is 17.7 Å². The molecule has 0 bridgehead atoms. The van der Waals surface area contributed by atoms with E-state index in [4.69, 9.17) is 4.74 Å². The first kappa shape index (κ1) is 12.8. The summed E-state index contributed by atoms with van der Waals surface area (Å²) in [5.74, 6) is 3.52. The molecule has 0 saturated carbocycles. The number of ether oxygens (including phenoxy) is 1. The van der Waals surface area contributed by atoms with E-state index in [1.807, 2.05) is 0 Å². The van der Waals surface area contributed by atoms with Gasteiger partial charge in [0, 0.05) is 25.9 Å². The van der Waals surface area contributed by atoms with E-state index in [-0.39, 0.29) is 0 Å². The van der Waals surface area contributed by atoms with Gasteiger partial charge in [0.2, 0.25) is 5.95 Å². The molecule has 1 fully saturated rings. The largest absolute Gasteiger partial charge is 0.383 e. The van der Waals surface area contributed by atoms with E-state index in [1.165, 1.54) is 24.3 Å². The molecule has 5 heteroatoms. The molecule has 0 radical (unpaired) electrons. The first-order valence-corrected chi connectivity index (χ1v) is 7.32. The predicted octanol–water partition coefficient (Wildman–Crippen LogP) is 2.32. The Morgan fingerprint density at radius 2 is 2.29 bits per heavy atom. The molecular formula is C12H21N3OS. The second-order valence-electron chi connectivity index (χ2n) is 4.38. The molecule has 1 aromatic heterocycles. The average molecular weight is 255 g/mol. The van der Waals surface area contributed by atoms with E-state index in [9.17, 15) is 0 Å². The second-order valence-corrected chi connectivity index (χ2v) is 5.60. The van der Waals surface area contributed by atoms with E-state index in [2.05, 4.69) is 39.8 Å². The summed E-state index contributed by atoms with van der Waals surface area (Å²) in [7, 11) is 1.72. The van der Waals surface area contributed by atoms with Crippen molar-refractivity contribution in [3.8, 4) is 0 Å². The number of methoxy groups -OCH3 is 1. The Morgan fingerprint density at radius 1 is 1.53 bits per heavy atom. The zero-order valence-corrected chi connectivity index (χ0v) is 11.4. The second kappa shape index (κ2) is 6.31. The average Bonchev–Trinajstić information content (AvgIpc) is 2.72. The zero-order valence-electron chi connectivity index (χ0n) is 10.6. The standard InChI is InChI=1S/C12H21N3OS/c1-10-9-15(11-3-7-17-8-4-11)12(14-10)13-5-6-16-2/h9,11H,3-8H2,1-2H3,(H,13,14). The van der Waals surface area contributed by atoms with Crippen molar-refractivity contribution in [2.24, 2.45) is 0 Å². The highest BCUT2D eigenvalue weighted by molar-refractivity contribution is 7.99. The van der Waals surface area contributed by atoms with Gasteiger partial charge >= 0.3 is 0 Å². The quantitative estimate of drug-likeness (QED) is 0.820. The molecule has 0 aliphatic carbocycles. The van der Waals surface area contributed by atoms with Crippen molar-refractivity contribution in [1.82, 2.24) is 9.55 Å². The summed E-state index contributed by atoms with van der Waals surface area (Å²) in [5.41, 5.74) is 1.09. The fraction of sp³-hybridized carbons (Fsp3) is 0.750. The van der Waals surface area contributed by atoms with Crippen LogP contribution < -0.4 is 5.32 Å². The van der Waals surface area contributed by atoms with Crippen LogP contribution in [0, 0.1) is 6.92 Å². The van der Waals surface area contributed by atoms with Gasteiger partial charge in [0.15, 0.2) is 0 Å². The first-order valence-electron chi connectivity index (χ1n) is 6.17. The lowest BCUT2D eigenvalue weighted by Crippen LogP contribution is -2.18.